The van der Waals surface area contributed by atoms with Gasteiger partial charge in [-0.2, -0.15) is 0 Å². The van der Waals surface area contributed by atoms with Crippen molar-refractivity contribution in [2.75, 3.05) is 0 Å². The molecule has 0 aliphatic carbocycles. The van der Waals surface area contributed by atoms with Crippen molar-refractivity contribution >= 4 is 76.4 Å². The van der Waals surface area contributed by atoms with Crippen molar-refractivity contribution in [3.63, 3.8) is 0 Å². The van der Waals surface area contributed by atoms with Crippen LogP contribution in [0.25, 0.3) is 109 Å². The fourth-order valence-corrected chi connectivity index (χ4v) is 9.41. The molecule has 0 aliphatic heterocycles. The third kappa shape index (κ3) is 4.28. The molecule has 0 saturated heterocycles. The van der Waals surface area contributed by atoms with Gasteiger partial charge in [-0.1, -0.05) is 158 Å². The number of hydrogen-bond acceptors (Lipinski definition) is 2. The highest BCUT2D eigenvalue weighted by Gasteiger charge is 2.22. The van der Waals surface area contributed by atoms with Crippen LogP contribution in [0.2, 0.25) is 0 Å². The van der Waals surface area contributed by atoms with Gasteiger partial charge in [0.15, 0.2) is 0 Å². The van der Waals surface area contributed by atoms with Gasteiger partial charge in [0.2, 0.25) is 0 Å². The van der Waals surface area contributed by atoms with E-state index in [4.69, 9.17) is 4.42 Å². The predicted octanol–water partition coefficient (Wildman–Crippen LogP) is 14.9. The molecular weight excluding hydrogens is 649 g/mol. The summed E-state index contributed by atoms with van der Waals surface area (Å²) < 4.78 is 7.02. The summed E-state index contributed by atoms with van der Waals surface area (Å²) in [5, 5.41) is 14.4. The monoisotopic (exact) mass is 678 g/mol. The Bertz CT molecular complexity index is 3050. The summed E-state index contributed by atoms with van der Waals surface area (Å²) in [4.78, 5) is 1.29. The summed E-state index contributed by atoms with van der Waals surface area (Å²) in [5.74, 6) is 0. The van der Waals surface area contributed by atoms with Crippen molar-refractivity contribution in [1.29, 1.82) is 0 Å². The molecule has 0 aliphatic rings. The van der Waals surface area contributed by atoms with E-state index < -0.39 is 0 Å². The Kier molecular flexibility index (Phi) is 6.49. The van der Waals surface area contributed by atoms with Crippen molar-refractivity contribution in [3.8, 4) is 43.8 Å². The topological polar surface area (TPSA) is 13.1 Å². The SMILES string of the molecule is c1ccc(-c2c3ccccc3c(-c3cccc4c3oc3cc(-c5c6ccccc6c(-c6cccs6)c6ccccc56)ccc34)c3ccccc23)cc1. The van der Waals surface area contributed by atoms with E-state index in [1.54, 1.807) is 11.3 Å². The number of furan rings is 1. The van der Waals surface area contributed by atoms with Crippen LogP contribution >= 0.6 is 11.3 Å². The lowest BCUT2D eigenvalue weighted by atomic mass is 9.85. The highest BCUT2D eigenvalue weighted by Crippen LogP contribution is 2.48. The Balaban J connectivity index is 1.18. The number of thiophene rings is 1. The van der Waals surface area contributed by atoms with E-state index in [-0.39, 0.29) is 0 Å². The minimum Gasteiger partial charge on any atom is -0.455 e. The lowest BCUT2D eigenvalue weighted by Crippen LogP contribution is -1.90. The molecule has 2 heterocycles. The largest absolute Gasteiger partial charge is 0.455 e. The number of hydrogen-bond donors (Lipinski definition) is 0. The van der Waals surface area contributed by atoms with Gasteiger partial charge in [0.1, 0.15) is 11.2 Å². The van der Waals surface area contributed by atoms with E-state index in [0.717, 1.165) is 33.1 Å². The Labute approximate surface area is 304 Å². The van der Waals surface area contributed by atoms with Crippen molar-refractivity contribution in [1.82, 2.24) is 0 Å². The Morgan fingerprint density at radius 1 is 0.327 bits per heavy atom. The molecule has 0 saturated carbocycles. The smallest absolute Gasteiger partial charge is 0.143 e. The number of para-hydroxylation sites is 1. The molecule has 2 aromatic heterocycles. The van der Waals surface area contributed by atoms with Crippen LogP contribution in [0.4, 0.5) is 0 Å². The fourth-order valence-electron chi connectivity index (χ4n) is 8.61. The van der Waals surface area contributed by atoms with E-state index in [9.17, 15) is 0 Å². The molecule has 2 heteroatoms. The van der Waals surface area contributed by atoms with Gasteiger partial charge in [-0.05, 0) is 88.9 Å². The second-order valence-electron chi connectivity index (χ2n) is 13.5. The van der Waals surface area contributed by atoms with Crippen LogP contribution in [0.3, 0.4) is 0 Å². The average Bonchev–Trinajstić information content (AvgIpc) is 3.88. The zero-order chi connectivity index (χ0) is 34.2. The molecule has 0 fully saturated rings. The standard InChI is InChI=1S/C50H30OS/c1-2-14-31(15-3-1)46-34-16-4-8-20-38(34)48(39-21-9-5-17-35(39)46)43-25-12-24-42-33-28-27-32(30-44(33)51-50(42)43)47-36-18-6-10-22-40(36)49(45-26-13-29-52-45)41-23-11-7-19-37(41)47/h1-30H. The van der Waals surface area contributed by atoms with Crippen LogP contribution in [0.5, 0.6) is 0 Å². The maximum atomic E-state index is 7.02. The summed E-state index contributed by atoms with van der Waals surface area (Å²) in [6.07, 6.45) is 0. The second kappa shape index (κ2) is 11.5. The zero-order valence-corrected chi connectivity index (χ0v) is 29.0. The lowest BCUT2D eigenvalue weighted by Gasteiger charge is -2.17. The zero-order valence-electron chi connectivity index (χ0n) is 28.1. The number of benzene rings is 9. The summed E-state index contributed by atoms with van der Waals surface area (Å²) >= 11 is 1.80. The highest BCUT2D eigenvalue weighted by atomic mass is 32.1. The van der Waals surface area contributed by atoms with Gasteiger partial charge in [0.25, 0.3) is 0 Å². The molecule has 0 radical (unpaired) electrons. The van der Waals surface area contributed by atoms with Crippen molar-refractivity contribution < 1.29 is 4.42 Å². The first-order chi connectivity index (χ1) is 25.8. The molecule has 0 N–H and O–H groups in total. The van der Waals surface area contributed by atoms with Crippen molar-refractivity contribution in [3.05, 3.63) is 181 Å². The van der Waals surface area contributed by atoms with E-state index in [1.807, 2.05) is 0 Å². The van der Waals surface area contributed by atoms with E-state index in [0.29, 0.717) is 0 Å². The normalized spacial score (nSPS) is 11.8. The Morgan fingerprint density at radius 2 is 0.827 bits per heavy atom. The first-order valence-electron chi connectivity index (χ1n) is 17.8. The molecule has 0 unspecified atom stereocenters. The third-order valence-electron chi connectivity index (χ3n) is 10.7. The molecule has 0 amide bonds. The van der Waals surface area contributed by atoms with Crippen LogP contribution < -0.4 is 0 Å². The fraction of sp³-hybridized carbons (Fsp3) is 0. The minimum absolute atomic E-state index is 0.893. The number of rotatable bonds is 4. The van der Waals surface area contributed by atoms with Gasteiger partial charge in [0.05, 0.1) is 0 Å². The maximum absolute atomic E-state index is 7.02. The average molecular weight is 679 g/mol. The van der Waals surface area contributed by atoms with Crippen molar-refractivity contribution in [2.45, 2.75) is 0 Å². The third-order valence-corrected chi connectivity index (χ3v) is 11.6. The van der Waals surface area contributed by atoms with E-state index in [2.05, 4.69) is 181 Å². The number of fused-ring (bicyclic) bond motifs is 7. The van der Waals surface area contributed by atoms with Gasteiger partial charge >= 0.3 is 0 Å². The van der Waals surface area contributed by atoms with Crippen molar-refractivity contribution in [2.24, 2.45) is 0 Å². The summed E-state index contributed by atoms with van der Waals surface area (Å²) in [6.45, 7) is 0. The van der Waals surface area contributed by atoms with Crippen LogP contribution in [0.1, 0.15) is 0 Å². The predicted molar refractivity (Wildman–Crippen MR) is 223 cm³/mol. The van der Waals surface area contributed by atoms with E-state index >= 15 is 0 Å². The lowest BCUT2D eigenvalue weighted by molar-refractivity contribution is 0.670. The quantitative estimate of drug-likeness (QED) is 0.169. The van der Waals surface area contributed by atoms with Crippen LogP contribution in [0.15, 0.2) is 186 Å². The molecule has 0 spiro atoms. The maximum Gasteiger partial charge on any atom is 0.143 e. The summed E-state index contributed by atoms with van der Waals surface area (Å²) in [5.41, 5.74) is 10.3. The van der Waals surface area contributed by atoms with Crippen LogP contribution in [-0.2, 0) is 0 Å². The van der Waals surface area contributed by atoms with Gasteiger partial charge in [-0.3, -0.25) is 0 Å². The van der Waals surface area contributed by atoms with Gasteiger partial charge < -0.3 is 4.42 Å². The molecule has 0 atom stereocenters. The van der Waals surface area contributed by atoms with Gasteiger partial charge in [-0.25, -0.2) is 0 Å². The van der Waals surface area contributed by atoms with Gasteiger partial charge in [-0.15, -0.1) is 11.3 Å². The molecule has 9 aromatic carbocycles. The molecule has 11 rings (SSSR count). The summed E-state index contributed by atoms with van der Waals surface area (Å²) in [7, 11) is 0. The molecule has 11 aromatic rings. The molecule has 1 nitrogen and oxygen atoms in total. The first kappa shape index (κ1) is 29.3. The van der Waals surface area contributed by atoms with Crippen LogP contribution in [-0.4, -0.2) is 0 Å². The van der Waals surface area contributed by atoms with E-state index in [1.165, 1.54) is 75.8 Å². The summed E-state index contributed by atoms with van der Waals surface area (Å²) in [6, 6.07) is 63.9. The highest BCUT2D eigenvalue weighted by molar-refractivity contribution is 7.13. The molecular formula is C50H30OS. The molecule has 242 valence electrons. The van der Waals surface area contributed by atoms with Crippen LogP contribution in [0, 0.1) is 0 Å². The van der Waals surface area contributed by atoms with Gasteiger partial charge in [0, 0.05) is 32.3 Å². The Hall–Kier alpha value is -6.48. The second-order valence-corrected chi connectivity index (χ2v) is 14.5. The molecule has 52 heavy (non-hydrogen) atoms. The molecule has 0 bridgehead atoms. The first-order valence-corrected chi connectivity index (χ1v) is 18.6. The Morgan fingerprint density at radius 3 is 1.38 bits per heavy atom. The minimum atomic E-state index is 0.893.